The van der Waals surface area contributed by atoms with Gasteiger partial charge in [0.05, 0.1) is 18.0 Å². The van der Waals surface area contributed by atoms with Gasteiger partial charge in [0, 0.05) is 37.6 Å². The van der Waals surface area contributed by atoms with Crippen molar-refractivity contribution in [2.24, 2.45) is 10.8 Å². The topological polar surface area (TPSA) is 90.0 Å². The molecule has 6 rings (SSSR count). The molecule has 2 aliphatic carbocycles. The molecular formula is C28H36FN5O3S. The Morgan fingerprint density at radius 3 is 2.45 bits per heavy atom. The van der Waals surface area contributed by atoms with Gasteiger partial charge in [-0.05, 0) is 86.1 Å². The molecule has 0 bridgehead atoms. The number of nitrogens with one attached hydrogen (secondary N) is 2. The van der Waals surface area contributed by atoms with Crippen LogP contribution < -0.4 is 24.6 Å². The minimum atomic E-state index is -0.934. The van der Waals surface area contributed by atoms with Crippen LogP contribution in [0.2, 0.25) is 0 Å². The molecule has 2 saturated heterocycles. The number of rotatable bonds is 10. The number of piperidine rings is 1. The maximum Gasteiger partial charge on any atom is 0.274 e. The van der Waals surface area contributed by atoms with E-state index in [0.29, 0.717) is 28.2 Å². The summed E-state index contributed by atoms with van der Waals surface area (Å²) in [6.45, 7) is 2.81. The molecule has 38 heavy (non-hydrogen) atoms. The second-order valence-electron chi connectivity index (χ2n) is 11.3. The number of hydrogen-bond donors (Lipinski definition) is 3. The van der Waals surface area contributed by atoms with Gasteiger partial charge < -0.3 is 29.7 Å². The van der Waals surface area contributed by atoms with Crippen molar-refractivity contribution in [2.45, 2.75) is 44.9 Å². The smallest absolute Gasteiger partial charge is 0.274 e. The predicted octanol–water partition coefficient (Wildman–Crippen LogP) is 5.06. The number of alkyl halides is 1. The van der Waals surface area contributed by atoms with Gasteiger partial charge in [0.15, 0.2) is 11.6 Å². The van der Waals surface area contributed by atoms with Crippen LogP contribution in [0.3, 0.4) is 0 Å². The summed E-state index contributed by atoms with van der Waals surface area (Å²) < 4.78 is 21.6. The first kappa shape index (κ1) is 25.6. The lowest BCUT2D eigenvalue weighted by Crippen LogP contribution is -2.35. The third-order valence-corrected chi connectivity index (χ3v) is 9.49. The molecule has 1 amide bonds. The first-order valence-corrected chi connectivity index (χ1v) is 14.6. The van der Waals surface area contributed by atoms with Crippen LogP contribution in [0.4, 0.5) is 27.3 Å². The Balaban J connectivity index is 1.23. The largest absolute Gasteiger partial charge is 0.459 e. The third-order valence-electron chi connectivity index (χ3n) is 8.73. The first-order valence-electron chi connectivity index (χ1n) is 13.7. The second-order valence-corrected chi connectivity index (χ2v) is 12.2. The second kappa shape index (κ2) is 10.4. The number of amides is 1. The first-order chi connectivity index (χ1) is 18.5. The molecule has 204 valence electrons. The van der Waals surface area contributed by atoms with E-state index in [9.17, 15) is 9.18 Å². The molecule has 3 heterocycles. The number of pyridine rings is 1. The highest BCUT2D eigenvalue weighted by Gasteiger charge is 2.48. The summed E-state index contributed by atoms with van der Waals surface area (Å²) in [5.74, 6) is 1.21. The van der Waals surface area contributed by atoms with E-state index in [1.54, 1.807) is 12.1 Å². The summed E-state index contributed by atoms with van der Waals surface area (Å²) in [6.07, 6.45) is 8.54. The molecule has 0 atom stereocenters. The van der Waals surface area contributed by atoms with Crippen LogP contribution in [0.15, 0.2) is 30.3 Å². The number of anilines is 4. The minimum absolute atomic E-state index is 0.107. The summed E-state index contributed by atoms with van der Waals surface area (Å²) in [5, 5.41) is 12.2. The van der Waals surface area contributed by atoms with Crippen LogP contribution in [0.1, 0.15) is 55.4 Å². The number of nitrogens with zero attached hydrogens (tertiary/aromatic N) is 3. The maximum atomic E-state index is 13.5. The van der Waals surface area contributed by atoms with Crippen LogP contribution in [-0.4, -0.2) is 61.4 Å². The maximum absolute atomic E-state index is 13.5. The molecule has 8 nitrogen and oxygen atoms in total. The molecule has 0 unspecified atom stereocenters. The van der Waals surface area contributed by atoms with E-state index in [1.165, 1.54) is 50.5 Å². The standard InChI is InChI=1S/C28H36FN5O3S/c29-19-37-24-4-3-22(30-25(24)34-14-11-28(18-34)7-8-28)26(36)31-21-2-1-20(32-38-16-15-35)17-23(21)33-12-9-27(5-6-27)10-13-33/h1-4,17,32,35H,5-16,18-19H2,(H,31,36). The molecule has 1 aromatic carbocycles. The molecule has 2 aliphatic heterocycles. The Hall–Kier alpha value is -2.72. The number of benzene rings is 1. The van der Waals surface area contributed by atoms with Crippen molar-refractivity contribution < 1.29 is 19.0 Å². The van der Waals surface area contributed by atoms with Gasteiger partial charge in [-0.25, -0.2) is 9.37 Å². The van der Waals surface area contributed by atoms with Gasteiger partial charge >= 0.3 is 0 Å². The zero-order chi connectivity index (χ0) is 26.2. The lowest BCUT2D eigenvalue weighted by atomic mass is 9.93. The van der Waals surface area contributed by atoms with E-state index in [4.69, 9.17) is 9.84 Å². The van der Waals surface area contributed by atoms with Crippen molar-refractivity contribution >= 4 is 40.7 Å². The molecule has 1 aromatic heterocycles. The number of aromatic nitrogens is 1. The van der Waals surface area contributed by atoms with Gasteiger partial charge in [-0.3, -0.25) is 4.79 Å². The fourth-order valence-corrected chi connectivity index (χ4v) is 6.38. The van der Waals surface area contributed by atoms with E-state index >= 15 is 0 Å². The predicted molar refractivity (Wildman–Crippen MR) is 150 cm³/mol. The minimum Gasteiger partial charge on any atom is -0.459 e. The molecule has 2 spiro atoms. The van der Waals surface area contributed by atoms with Crippen molar-refractivity contribution in [1.29, 1.82) is 0 Å². The summed E-state index contributed by atoms with van der Waals surface area (Å²) >= 11 is 1.45. The van der Waals surface area contributed by atoms with Gasteiger partial charge in [0.2, 0.25) is 6.86 Å². The van der Waals surface area contributed by atoms with E-state index in [0.717, 1.165) is 49.7 Å². The number of aliphatic hydroxyl groups excluding tert-OH is 1. The number of carbonyl (C=O) groups is 1. The Kier molecular flexibility index (Phi) is 7.03. The van der Waals surface area contributed by atoms with Crippen LogP contribution in [0.25, 0.3) is 0 Å². The summed E-state index contributed by atoms with van der Waals surface area (Å²) in [6, 6.07) is 9.19. The van der Waals surface area contributed by atoms with Crippen LogP contribution in [0.5, 0.6) is 5.75 Å². The number of hydrogen-bond acceptors (Lipinski definition) is 8. The Labute approximate surface area is 227 Å². The number of ether oxygens (including phenoxy) is 1. The van der Waals surface area contributed by atoms with E-state index in [1.807, 2.05) is 12.1 Å². The quantitative estimate of drug-likeness (QED) is 0.284. The molecule has 2 aromatic rings. The van der Waals surface area contributed by atoms with Gasteiger partial charge in [0.25, 0.3) is 5.91 Å². The van der Waals surface area contributed by atoms with Crippen LogP contribution in [-0.2, 0) is 0 Å². The van der Waals surface area contributed by atoms with Gasteiger partial charge in [-0.15, -0.1) is 0 Å². The SMILES string of the molecule is O=C(Nc1ccc(NSCCO)cc1N1CCC2(CC1)CC2)c1ccc(OCF)c(N2CCC3(CC3)C2)n1. The Morgan fingerprint density at radius 1 is 1.03 bits per heavy atom. The van der Waals surface area contributed by atoms with Gasteiger partial charge in [-0.1, -0.05) is 11.9 Å². The average molecular weight is 542 g/mol. The Morgan fingerprint density at radius 2 is 1.76 bits per heavy atom. The molecule has 3 N–H and O–H groups in total. The van der Waals surface area contributed by atoms with Gasteiger partial charge in [0.1, 0.15) is 5.69 Å². The van der Waals surface area contributed by atoms with E-state index in [-0.39, 0.29) is 18.2 Å². The summed E-state index contributed by atoms with van der Waals surface area (Å²) in [5.41, 5.74) is 3.84. The van der Waals surface area contributed by atoms with E-state index < -0.39 is 6.86 Å². The van der Waals surface area contributed by atoms with Crippen molar-refractivity contribution in [3.8, 4) is 5.75 Å². The molecule has 4 fully saturated rings. The molecular weight excluding hydrogens is 505 g/mol. The number of aliphatic hydroxyl groups is 1. The lowest BCUT2D eigenvalue weighted by Gasteiger charge is -2.35. The summed E-state index contributed by atoms with van der Waals surface area (Å²) in [4.78, 5) is 22.6. The number of carbonyl (C=O) groups excluding carboxylic acids is 1. The normalized spacial score (nSPS) is 20.6. The van der Waals surface area contributed by atoms with Crippen LogP contribution >= 0.6 is 11.9 Å². The highest BCUT2D eigenvalue weighted by molar-refractivity contribution is 8.00. The number of halogens is 1. The molecule has 4 aliphatic rings. The fourth-order valence-electron chi connectivity index (χ4n) is 5.89. The van der Waals surface area contributed by atoms with Crippen molar-refractivity contribution in [3.05, 3.63) is 36.0 Å². The lowest BCUT2D eigenvalue weighted by molar-refractivity contribution is 0.102. The highest BCUT2D eigenvalue weighted by atomic mass is 32.2. The van der Waals surface area contributed by atoms with Crippen LogP contribution in [0, 0.1) is 10.8 Å². The third kappa shape index (κ3) is 5.38. The fraction of sp³-hybridized carbons (Fsp3) is 0.571. The molecule has 2 saturated carbocycles. The molecule has 10 heteroatoms. The van der Waals surface area contributed by atoms with E-state index in [2.05, 4.69) is 30.9 Å². The zero-order valence-corrected chi connectivity index (χ0v) is 22.5. The highest BCUT2D eigenvalue weighted by Crippen LogP contribution is 2.55. The average Bonchev–Trinajstić information content (AvgIpc) is 3.83. The van der Waals surface area contributed by atoms with Crippen molar-refractivity contribution in [3.63, 3.8) is 0 Å². The monoisotopic (exact) mass is 541 g/mol. The van der Waals surface area contributed by atoms with Crippen molar-refractivity contribution in [1.82, 2.24) is 4.98 Å². The van der Waals surface area contributed by atoms with Gasteiger partial charge in [-0.2, -0.15) is 0 Å². The zero-order valence-electron chi connectivity index (χ0n) is 21.7. The molecule has 0 radical (unpaired) electrons. The Bertz CT molecular complexity index is 1180. The summed E-state index contributed by atoms with van der Waals surface area (Å²) in [7, 11) is 0. The van der Waals surface area contributed by atoms with Crippen molar-refractivity contribution in [2.75, 3.05) is 65.2 Å².